The zero-order chi connectivity index (χ0) is 14.5. The van der Waals surface area contributed by atoms with E-state index in [4.69, 9.17) is 10.00 Å². The Morgan fingerprint density at radius 1 is 1.55 bits per heavy atom. The van der Waals surface area contributed by atoms with Crippen molar-refractivity contribution in [3.63, 3.8) is 0 Å². The Kier molecular flexibility index (Phi) is 4.20. The molecule has 1 aliphatic heterocycles. The van der Waals surface area contributed by atoms with E-state index in [-0.39, 0.29) is 24.8 Å². The lowest BCUT2D eigenvalue weighted by molar-refractivity contribution is -0.120. The molecule has 0 radical (unpaired) electrons. The van der Waals surface area contributed by atoms with Gasteiger partial charge in [-0.2, -0.15) is 5.26 Å². The number of nitrogens with one attached hydrogen (secondary N) is 1. The standard InChI is InChI=1S/C14H15N3O3/c1-17-11-8-10(9-13(18)16-6-5-15)2-3-12(11)20-7-4-14(17)19/h2-3,8H,4,6-7,9H2,1H3,(H,16,18). The van der Waals surface area contributed by atoms with Crippen LogP contribution in [0.1, 0.15) is 12.0 Å². The first kappa shape index (κ1) is 13.9. The number of carbonyl (C=O) groups is 2. The first-order chi connectivity index (χ1) is 9.61. The van der Waals surface area contributed by atoms with E-state index in [2.05, 4.69) is 5.32 Å². The Bertz CT molecular complexity index is 578. The first-order valence-electron chi connectivity index (χ1n) is 6.27. The van der Waals surface area contributed by atoms with Crippen molar-refractivity contribution >= 4 is 17.5 Å². The molecular weight excluding hydrogens is 258 g/mol. The number of rotatable bonds is 3. The van der Waals surface area contributed by atoms with Gasteiger partial charge in [0.1, 0.15) is 12.3 Å². The van der Waals surface area contributed by atoms with Gasteiger partial charge in [-0.1, -0.05) is 6.07 Å². The van der Waals surface area contributed by atoms with Crippen molar-refractivity contribution in [2.45, 2.75) is 12.8 Å². The van der Waals surface area contributed by atoms with Crippen molar-refractivity contribution in [3.05, 3.63) is 23.8 Å². The smallest absolute Gasteiger partial charge is 0.230 e. The number of hydrogen-bond acceptors (Lipinski definition) is 4. The molecule has 1 N–H and O–H groups in total. The molecule has 1 heterocycles. The number of hydrogen-bond donors (Lipinski definition) is 1. The lowest BCUT2D eigenvalue weighted by atomic mass is 10.1. The molecule has 6 heteroatoms. The molecular formula is C14H15N3O3. The predicted molar refractivity (Wildman–Crippen MR) is 72.3 cm³/mol. The highest BCUT2D eigenvalue weighted by atomic mass is 16.5. The zero-order valence-corrected chi connectivity index (χ0v) is 11.2. The maximum absolute atomic E-state index is 11.8. The van der Waals surface area contributed by atoms with Crippen LogP contribution in [-0.2, 0) is 16.0 Å². The monoisotopic (exact) mass is 273 g/mol. The summed E-state index contributed by atoms with van der Waals surface area (Å²) in [7, 11) is 1.69. The molecule has 104 valence electrons. The van der Waals surface area contributed by atoms with Gasteiger partial charge in [-0.3, -0.25) is 9.59 Å². The minimum Gasteiger partial charge on any atom is -0.491 e. The maximum Gasteiger partial charge on any atom is 0.230 e. The van der Waals surface area contributed by atoms with Crippen LogP contribution in [0.15, 0.2) is 18.2 Å². The molecule has 0 saturated heterocycles. The lowest BCUT2D eigenvalue weighted by Crippen LogP contribution is -2.26. The van der Waals surface area contributed by atoms with Gasteiger partial charge in [0.15, 0.2) is 0 Å². The quantitative estimate of drug-likeness (QED) is 0.818. The summed E-state index contributed by atoms with van der Waals surface area (Å²) < 4.78 is 5.51. The van der Waals surface area contributed by atoms with Crippen LogP contribution >= 0.6 is 0 Å². The summed E-state index contributed by atoms with van der Waals surface area (Å²) in [6.45, 7) is 0.351. The molecule has 2 rings (SSSR count). The second-order valence-electron chi connectivity index (χ2n) is 4.46. The molecule has 20 heavy (non-hydrogen) atoms. The number of nitriles is 1. The molecule has 0 spiro atoms. The molecule has 0 saturated carbocycles. The molecule has 0 aliphatic carbocycles. The molecule has 0 unspecified atom stereocenters. The van der Waals surface area contributed by atoms with Crippen LogP contribution in [0.5, 0.6) is 5.75 Å². The van der Waals surface area contributed by atoms with E-state index in [0.717, 1.165) is 5.56 Å². The summed E-state index contributed by atoms with van der Waals surface area (Å²) in [5.41, 5.74) is 1.43. The van der Waals surface area contributed by atoms with E-state index in [1.807, 2.05) is 6.07 Å². The van der Waals surface area contributed by atoms with Crippen LogP contribution < -0.4 is 15.0 Å². The van der Waals surface area contributed by atoms with Crippen LogP contribution in [0.3, 0.4) is 0 Å². The topological polar surface area (TPSA) is 82.4 Å². The highest BCUT2D eigenvalue weighted by Gasteiger charge is 2.20. The summed E-state index contributed by atoms with van der Waals surface area (Å²) in [5.74, 6) is 0.393. The van der Waals surface area contributed by atoms with Gasteiger partial charge < -0.3 is 15.0 Å². The summed E-state index contributed by atoms with van der Waals surface area (Å²) in [6.07, 6.45) is 0.500. The van der Waals surface area contributed by atoms with E-state index in [1.54, 1.807) is 30.1 Å². The Labute approximate surface area is 116 Å². The molecule has 1 aromatic carbocycles. The average molecular weight is 273 g/mol. The number of ether oxygens (including phenoxy) is 1. The fraction of sp³-hybridized carbons (Fsp3) is 0.357. The van der Waals surface area contributed by atoms with Crippen LogP contribution in [0.25, 0.3) is 0 Å². The number of nitrogens with zero attached hydrogens (tertiary/aromatic N) is 2. The Morgan fingerprint density at radius 3 is 3.10 bits per heavy atom. The number of anilines is 1. The molecule has 2 amide bonds. The molecule has 0 fully saturated rings. The second kappa shape index (κ2) is 6.06. The molecule has 1 aliphatic rings. The van der Waals surface area contributed by atoms with Gasteiger partial charge in [0.05, 0.1) is 31.2 Å². The predicted octanol–water partition coefficient (Wildman–Crippen LogP) is 0.614. The van der Waals surface area contributed by atoms with E-state index in [0.29, 0.717) is 24.5 Å². The largest absolute Gasteiger partial charge is 0.491 e. The Hall–Kier alpha value is -2.55. The van der Waals surface area contributed by atoms with Crippen LogP contribution in [0.2, 0.25) is 0 Å². The summed E-state index contributed by atoms with van der Waals surface area (Å²) in [6, 6.07) is 7.17. The van der Waals surface area contributed by atoms with Crippen molar-refractivity contribution in [3.8, 4) is 11.8 Å². The van der Waals surface area contributed by atoms with E-state index in [9.17, 15) is 9.59 Å². The molecule has 6 nitrogen and oxygen atoms in total. The van der Waals surface area contributed by atoms with Gasteiger partial charge in [0.25, 0.3) is 0 Å². The maximum atomic E-state index is 11.8. The van der Waals surface area contributed by atoms with Gasteiger partial charge in [-0.25, -0.2) is 0 Å². The number of benzene rings is 1. The van der Waals surface area contributed by atoms with Crippen molar-refractivity contribution in [1.82, 2.24) is 5.32 Å². The SMILES string of the molecule is CN1C(=O)CCOc2ccc(CC(=O)NCC#N)cc21. The van der Waals surface area contributed by atoms with Crippen molar-refractivity contribution in [1.29, 1.82) is 5.26 Å². The number of amides is 2. The summed E-state index contributed by atoms with van der Waals surface area (Å²) >= 11 is 0. The van der Waals surface area contributed by atoms with Gasteiger partial charge in [0, 0.05) is 7.05 Å². The highest BCUT2D eigenvalue weighted by molar-refractivity contribution is 5.95. The van der Waals surface area contributed by atoms with E-state index < -0.39 is 0 Å². The molecule has 0 atom stereocenters. The van der Waals surface area contributed by atoms with E-state index >= 15 is 0 Å². The molecule has 0 bridgehead atoms. The van der Waals surface area contributed by atoms with Gasteiger partial charge in [-0.15, -0.1) is 0 Å². The third-order valence-electron chi connectivity index (χ3n) is 3.06. The minimum absolute atomic E-state index is 0.00866. The van der Waals surface area contributed by atoms with Crippen molar-refractivity contribution in [2.75, 3.05) is 25.1 Å². The minimum atomic E-state index is -0.227. The van der Waals surface area contributed by atoms with Crippen LogP contribution in [0.4, 0.5) is 5.69 Å². The third-order valence-corrected chi connectivity index (χ3v) is 3.06. The average Bonchev–Trinajstić information content (AvgIpc) is 2.57. The van der Waals surface area contributed by atoms with Gasteiger partial charge in [-0.05, 0) is 17.7 Å². The number of fused-ring (bicyclic) bond motifs is 1. The summed E-state index contributed by atoms with van der Waals surface area (Å²) in [5, 5.41) is 10.9. The second-order valence-corrected chi connectivity index (χ2v) is 4.46. The lowest BCUT2D eigenvalue weighted by Gasteiger charge is -2.17. The molecule has 1 aromatic rings. The van der Waals surface area contributed by atoms with Crippen molar-refractivity contribution in [2.24, 2.45) is 0 Å². The Morgan fingerprint density at radius 2 is 2.35 bits per heavy atom. The number of carbonyl (C=O) groups excluding carboxylic acids is 2. The Balaban J connectivity index is 2.18. The van der Waals surface area contributed by atoms with E-state index in [1.165, 1.54) is 0 Å². The van der Waals surface area contributed by atoms with Gasteiger partial charge in [0.2, 0.25) is 11.8 Å². The normalized spacial score (nSPS) is 13.8. The van der Waals surface area contributed by atoms with Gasteiger partial charge >= 0.3 is 0 Å². The van der Waals surface area contributed by atoms with Crippen LogP contribution in [0, 0.1) is 11.3 Å². The fourth-order valence-corrected chi connectivity index (χ4v) is 1.99. The molecule has 0 aromatic heterocycles. The van der Waals surface area contributed by atoms with Crippen LogP contribution in [-0.4, -0.2) is 32.0 Å². The summed E-state index contributed by atoms with van der Waals surface area (Å²) in [4.78, 5) is 24.9. The first-order valence-corrected chi connectivity index (χ1v) is 6.27. The fourth-order valence-electron chi connectivity index (χ4n) is 1.99. The van der Waals surface area contributed by atoms with Crippen molar-refractivity contribution < 1.29 is 14.3 Å². The highest BCUT2D eigenvalue weighted by Crippen LogP contribution is 2.31. The zero-order valence-electron chi connectivity index (χ0n) is 11.2. The third kappa shape index (κ3) is 3.06.